The Morgan fingerprint density at radius 3 is 2.44 bits per heavy atom. The number of aryl methyl sites for hydroxylation is 1. The second kappa shape index (κ2) is 7.14. The number of rotatable bonds is 6. The van der Waals surface area contributed by atoms with Gasteiger partial charge in [0.05, 0.1) is 12.0 Å². The van der Waals surface area contributed by atoms with Crippen LogP contribution in [-0.2, 0) is 19.6 Å². The summed E-state index contributed by atoms with van der Waals surface area (Å²) in [6.45, 7) is 2.13. The van der Waals surface area contributed by atoms with Crippen LogP contribution in [0, 0.1) is 6.92 Å². The maximum absolute atomic E-state index is 12.5. The summed E-state index contributed by atoms with van der Waals surface area (Å²) in [5.74, 6) is -1.76. The van der Waals surface area contributed by atoms with Crippen LogP contribution in [0.4, 0.5) is 0 Å². The van der Waals surface area contributed by atoms with Gasteiger partial charge in [0, 0.05) is 33.4 Å². The highest BCUT2D eigenvalue weighted by Crippen LogP contribution is 2.27. The minimum Gasteiger partial charge on any atom is -0.481 e. The van der Waals surface area contributed by atoms with E-state index in [2.05, 4.69) is 5.32 Å². The van der Waals surface area contributed by atoms with Crippen LogP contribution < -0.4 is 5.32 Å². The summed E-state index contributed by atoms with van der Waals surface area (Å²) in [6.07, 6.45) is 0.464. The van der Waals surface area contributed by atoms with E-state index in [4.69, 9.17) is 14.3 Å². The molecule has 0 spiro atoms. The van der Waals surface area contributed by atoms with Crippen LogP contribution >= 0.6 is 0 Å². The molecule has 9 nitrogen and oxygen atoms in total. The number of hydrogen-bond acceptors (Lipinski definition) is 6. The first kappa shape index (κ1) is 19.4. The first-order valence-corrected chi connectivity index (χ1v) is 9.16. The second-order valence-corrected chi connectivity index (χ2v) is 8.36. The van der Waals surface area contributed by atoms with Crippen molar-refractivity contribution in [3.05, 3.63) is 17.6 Å². The summed E-state index contributed by atoms with van der Waals surface area (Å²) in [4.78, 5) is 23.6. The average Bonchev–Trinajstić information content (AvgIpc) is 2.89. The normalized spacial score (nSPS) is 17.4. The molecule has 0 radical (unpaired) electrons. The number of ether oxygens (including phenoxy) is 1. The predicted octanol–water partition coefficient (Wildman–Crippen LogP) is 0.592. The molecule has 1 fully saturated rings. The van der Waals surface area contributed by atoms with E-state index >= 15 is 0 Å². The zero-order chi connectivity index (χ0) is 18.8. The number of carbonyl (C=O) groups is 2. The van der Waals surface area contributed by atoms with Crippen LogP contribution in [0.2, 0.25) is 0 Å². The van der Waals surface area contributed by atoms with E-state index in [1.54, 1.807) is 0 Å². The molecule has 0 bridgehead atoms. The quantitative estimate of drug-likeness (QED) is 0.746. The molecule has 0 aromatic carbocycles. The fourth-order valence-electron chi connectivity index (χ4n) is 2.73. The molecule has 1 aliphatic rings. The van der Waals surface area contributed by atoms with E-state index in [1.165, 1.54) is 21.0 Å². The van der Waals surface area contributed by atoms with Crippen molar-refractivity contribution in [3.8, 4) is 0 Å². The molecule has 25 heavy (non-hydrogen) atoms. The lowest BCUT2D eigenvalue weighted by Gasteiger charge is -2.36. The Morgan fingerprint density at radius 1 is 1.32 bits per heavy atom. The molecule has 1 aromatic rings. The molecule has 1 amide bonds. The summed E-state index contributed by atoms with van der Waals surface area (Å²) in [7, 11) is -0.981. The number of sulfonamides is 1. The zero-order valence-corrected chi connectivity index (χ0v) is 15.2. The van der Waals surface area contributed by atoms with Crippen molar-refractivity contribution in [1.82, 2.24) is 9.62 Å². The smallest absolute Gasteiger partial charge is 0.305 e. The summed E-state index contributed by atoms with van der Waals surface area (Å²) in [5, 5.41) is 11.8. The average molecular weight is 374 g/mol. The minimum atomic E-state index is -3.74. The fraction of sp³-hybridized carbons (Fsp3) is 0.600. The number of nitrogens with one attached hydrogen (secondary N) is 1. The van der Waals surface area contributed by atoms with Crippen LogP contribution in [0.25, 0.3) is 0 Å². The lowest BCUT2D eigenvalue weighted by molar-refractivity contribution is -0.139. The van der Waals surface area contributed by atoms with Crippen molar-refractivity contribution in [1.29, 1.82) is 0 Å². The van der Waals surface area contributed by atoms with Gasteiger partial charge in [0.2, 0.25) is 10.0 Å². The van der Waals surface area contributed by atoms with Gasteiger partial charge in [0.15, 0.2) is 5.76 Å². The topological polar surface area (TPSA) is 126 Å². The third-order valence-electron chi connectivity index (χ3n) is 4.17. The number of aliphatic carboxylic acids is 1. The van der Waals surface area contributed by atoms with Crippen molar-refractivity contribution in [2.75, 3.05) is 27.3 Å². The van der Waals surface area contributed by atoms with Gasteiger partial charge in [-0.25, -0.2) is 12.7 Å². The van der Waals surface area contributed by atoms with Gasteiger partial charge < -0.3 is 19.6 Å². The molecule has 0 aliphatic carbocycles. The Bertz CT molecular complexity index is 761. The van der Waals surface area contributed by atoms with Gasteiger partial charge in [-0.05, 0) is 19.8 Å². The number of hydrogen-bond donors (Lipinski definition) is 2. The first-order valence-electron chi connectivity index (χ1n) is 7.72. The number of nitrogens with zero attached hydrogens (tertiary/aromatic N) is 1. The molecular weight excluding hydrogens is 352 g/mol. The molecular formula is C15H22N2O7S. The molecule has 0 atom stereocenters. The minimum absolute atomic E-state index is 0.0955. The van der Waals surface area contributed by atoms with E-state index in [0.29, 0.717) is 26.1 Å². The van der Waals surface area contributed by atoms with Crippen molar-refractivity contribution in [3.63, 3.8) is 0 Å². The highest BCUT2D eigenvalue weighted by atomic mass is 32.2. The zero-order valence-electron chi connectivity index (χ0n) is 14.4. The van der Waals surface area contributed by atoms with Gasteiger partial charge in [0.25, 0.3) is 5.91 Å². The monoisotopic (exact) mass is 374 g/mol. The van der Waals surface area contributed by atoms with E-state index in [-0.39, 0.29) is 22.8 Å². The number of carboxylic acids is 1. The number of amides is 1. The van der Waals surface area contributed by atoms with Crippen LogP contribution in [0.3, 0.4) is 0 Å². The SMILES string of the molecule is Cc1oc(C(=O)NC2(CC(=O)O)CCOCC2)cc1S(=O)(=O)N(C)C. The molecule has 2 rings (SSSR count). The highest BCUT2D eigenvalue weighted by molar-refractivity contribution is 7.89. The fourth-order valence-corrected chi connectivity index (χ4v) is 3.78. The number of furan rings is 1. The van der Waals surface area contributed by atoms with Crippen molar-refractivity contribution >= 4 is 21.9 Å². The van der Waals surface area contributed by atoms with Crippen LogP contribution in [0.5, 0.6) is 0 Å². The molecule has 1 saturated heterocycles. The Balaban J connectivity index is 2.27. The van der Waals surface area contributed by atoms with Crippen molar-refractivity contribution in [2.24, 2.45) is 0 Å². The third kappa shape index (κ3) is 4.20. The van der Waals surface area contributed by atoms with Gasteiger partial charge in [-0.2, -0.15) is 0 Å². The van der Waals surface area contributed by atoms with E-state index in [9.17, 15) is 18.0 Å². The van der Waals surface area contributed by atoms with Gasteiger partial charge in [0.1, 0.15) is 10.7 Å². The third-order valence-corrected chi connectivity index (χ3v) is 6.10. The van der Waals surface area contributed by atoms with E-state index in [0.717, 1.165) is 10.4 Å². The molecule has 0 unspecified atom stereocenters. The molecule has 10 heteroatoms. The molecule has 1 aliphatic heterocycles. The Hall–Kier alpha value is -1.91. The highest BCUT2D eigenvalue weighted by Gasteiger charge is 2.37. The van der Waals surface area contributed by atoms with Crippen LogP contribution in [0.15, 0.2) is 15.4 Å². The van der Waals surface area contributed by atoms with Gasteiger partial charge in [-0.3, -0.25) is 9.59 Å². The van der Waals surface area contributed by atoms with Gasteiger partial charge >= 0.3 is 5.97 Å². The maximum Gasteiger partial charge on any atom is 0.305 e. The number of carboxylic acid groups (broad SMARTS) is 1. The van der Waals surface area contributed by atoms with Crippen molar-refractivity contribution < 1.29 is 32.3 Å². The van der Waals surface area contributed by atoms with Crippen molar-refractivity contribution in [2.45, 2.75) is 36.6 Å². The Labute approximate surface area is 146 Å². The maximum atomic E-state index is 12.5. The summed E-state index contributed by atoms with van der Waals surface area (Å²) in [5.41, 5.74) is -0.942. The standard InChI is InChI=1S/C15H22N2O7S/c1-10-12(25(21,22)17(2)3)8-11(24-10)14(20)16-15(9-13(18)19)4-6-23-7-5-15/h8H,4-7,9H2,1-3H3,(H,16,20)(H,18,19). The van der Waals surface area contributed by atoms with E-state index in [1.807, 2.05) is 0 Å². The summed E-state index contributed by atoms with van der Waals surface area (Å²) >= 11 is 0. The molecule has 140 valence electrons. The van der Waals surface area contributed by atoms with Gasteiger partial charge in [-0.1, -0.05) is 0 Å². The van der Waals surface area contributed by atoms with Crippen LogP contribution in [-0.4, -0.2) is 62.6 Å². The Morgan fingerprint density at radius 2 is 1.92 bits per heavy atom. The summed E-state index contributed by atoms with van der Waals surface area (Å²) in [6, 6.07) is 1.16. The summed E-state index contributed by atoms with van der Waals surface area (Å²) < 4.78 is 36.0. The number of carbonyl (C=O) groups excluding carboxylic acids is 1. The lowest BCUT2D eigenvalue weighted by Crippen LogP contribution is -2.53. The molecule has 0 saturated carbocycles. The van der Waals surface area contributed by atoms with E-state index < -0.39 is 27.4 Å². The predicted molar refractivity (Wildman–Crippen MR) is 86.8 cm³/mol. The first-order chi connectivity index (χ1) is 11.6. The van der Waals surface area contributed by atoms with Crippen LogP contribution in [0.1, 0.15) is 35.6 Å². The molecule has 2 N–H and O–H groups in total. The largest absolute Gasteiger partial charge is 0.481 e. The second-order valence-electron chi connectivity index (χ2n) is 6.24. The molecule has 1 aromatic heterocycles. The van der Waals surface area contributed by atoms with Gasteiger partial charge in [-0.15, -0.1) is 0 Å². The lowest BCUT2D eigenvalue weighted by atomic mass is 9.86. The Kier molecular flexibility index (Phi) is 5.55. The molecule has 2 heterocycles.